The Morgan fingerprint density at radius 1 is 1.33 bits per heavy atom. The molecule has 1 unspecified atom stereocenters. The Bertz CT molecular complexity index is 315. The van der Waals surface area contributed by atoms with Gasteiger partial charge in [0.1, 0.15) is 0 Å². The van der Waals surface area contributed by atoms with Crippen LogP contribution in [0.4, 0.5) is 0 Å². The molecule has 0 aliphatic heterocycles. The molecule has 4 heteroatoms. The van der Waals surface area contributed by atoms with Crippen LogP contribution in [0.15, 0.2) is 18.2 Å². The van der Waals surface area contributed by atoms with E-state index in [4.69, 9.17) is 28.9 Å². The summed E-state index contributed by atoms with van der Waals surface area (Å²) in [5, 5.41) is 4.48. The lowest BCUT2D eigenvalue weighted by Gasteiger charge is -2.13. The lowest BCUT2D eigenvalue weighted by Crippen LogP contribution is -2.26. The van der Waals surface area contributed by atoms with E-state index in [1.807, 2.05) is 18.2 Å². The normalized spacial score (nSPS) is 12.8. The molecule has 0 amide bonds. The van der Waals surface area contributed by atoms with Gasteiger partial charge >= 0.3 is 0 Å². The number of hydrogen-bond donors (Lipinski definition) is 2. The maximum Gasteiger partial charge on any atom is 0.0595 e. The van der Waals surface area contributed by atoms with Crippen molar-refractivity contribution in [2.45, 2.75) is 12.8 Å². The molecule has 0 aliphatic carbocycles. The molecule has 0 saturated heterocycles. The summed E-state index contributed by atoms with van der Waals surface area (Å²) in [6.45, 7) is 4.54. The first-order chi connectivity index (χ1) is 7.15. The number of benzene rings is 1. The Hall–Kier alpha value is -0.280. The smallest absolute Gasteiger partial charge is 0.0595 e. The van der Waals surface area contributed by atoms with E-state index >= 15 is 0 Å². The average molecular weight is 247 g/mol. The zero-order valence-corrected chi connectivity index (χ0v) is 10.3. The molecule has 0 saturated carbocycles. The van der Waals surface area contributed by atoms with E-state index in [2.05, 4.69) is 12.2 Å². The lowest BCUT2D eigenvalue weighted by molar-refractivity contribution is 0.620. The van der Waals surface area contributed by atoms with Crippen molar-refractivity contribution >= 4 is 23.2 Å². The summed E-state index contributed by atoms with van der Waals surface area (Å²) in [6.07, 6.45) is 0. The van der Waals surface area contributed by atoms with Crippen LogP contribution in [0.5, 0.6) is 0 Å². The van der Waals surface area contributed by atoms with Crippen molar-refractivity contribution < 1.29 is 0 Å². The van der Waals surface area contributed by atoms with Crippen LogP contribution in [0.3, 0.4) is 0 Å². The molecule has 0 fully saturated rings. The maximum absolute atomic E-state index is 5.95. The van der Waals surface area contributed by atoms with Crippen molar-refractivity contribution in [2.75, 3.05) is 19.6 Å². The fraction of sp³-hybridized carbons (Fsp3) is 0.455. The molecule has 0 aromatic heterocycles. The minimum atomic E-state index is 0.409. The van der Waals surface area contributed by atoms with E-state index in [-0.39, 0.29) is 0 Å². The van der Waals surface area contributed by atoms with E-state index < -0.39 is 0 Å². The highest BCUT2D eigenvalue weighted by molar-refractivity contribution is 6.42. The van der Waals surface area contributed by atoms with Crippen molar-refractivity contribution in [3.8, 4) is 0 Å². The highest BCUT2D eigenvalue weighted by atomic mass is 35.5. The van der Waals surface area contributed by atoms with Crippen LogP contribution in [0, 0.1) is 0 Å². The van der Waals surface area contributed by atoms with Crippen LogP contribution in [-0.2, 0) is 0 Å². The highest BCUT2D eigenvalue weighted by Gasteiger charge is 2.06. The summed E-state index contributed by atoms with van der Waals surface area (Å²) in [5.74, 6) is 0.409. The fourth-order valence-electron chi connectivity index (χ4n) is 1.36. The molecule has 1 atom stereocenters. The molecule has 1 aromatic carbocycles. The van der Waals surface area contributed by atoms with Crippen molar-refractivity contribution in [3.05, 3.63) is 33.8 Å². The van der Waals surface area contributed by atoms with Gasteiger partial charge in [-0.05, 0) is 23.6 Å². The van der Waals surface area contributed by atoms with Crippen LogP contribution in [0.2, 0.25) is 10.0 Å². The van der Waals surface area contributed by atoms with Crippen LogP contribution in [0.25, 0.3) is 0 Å². The molecule has 0 bridgehead atoms. The Balaban J connectivity index is 2.57. The molecule has 15 heavy (non-hydrogen) atoms. The third kappa shape index (κ3) is 3.99. The van der Waals surface area contributed by atoms with E-state index in [1.54, 1.807) is 0 Å². The molecule has 3 N–H and O–H groups in total. The third-order valence-electron chi connectivity index (χ3n) is 2.28. The second-order valence-corrected chi connectivity index (χ2v) is 4.38. The van der Waals surface area contributed by atoms with Gasteiger partial charge in [0.25, 0.3) is 0 Å². The van der Waals surface area contributed by atoms with Gasteiger partial charge in [0.2, 0.25) is 0 Å². The molecule has 1 aromatic rings. The van der Waals surface area contributed by atoms with Gasteiger partial charge in [-0.2, -0.15) is 0 Å². The molecule has 0 heterocycles. The number of nitrogens with two attached hydrogens (primary N) is 1. The zero-order chi connectivity index (χ0) is 11.3. The Kier molecular flexibility index (Phi) is 5.40. The maximum atomic E-state index is 5.95. The molecule has 0 aliphatic rings. The minimum Gasteiger partial charge on any atom is -0.329 e. The monoisotopic (exact) mass is 246 g/mol. The average Bonchev–Trinajstić information content (AvgIpc) is 2.22. The largest absolute Gasteiger partial charge is 0.329 e. The first kappa shape index (κ1) is 12.8. The molecule has 0 spiro atoms. The topological polar surface area (TPSA) is 38.0 Å². The van der Waals surface area contributed by atoms with Gasteiger partial charge in [0.15, 0.2) is 0 Å². The van der Waals surface area contributed by atoms with Crippen LogP contribution in [-0.4, -0.2) is 19.6 Å². The van der Waals surface area contributed by atoms with Crippen molar-refractivity contribution in [1.29, 1.82) is 0 Å². The molecule has 84 valence electrons. The summed E-state index contributed by atoms with van der Waals surface area (Å²) in [5.41, 5.74) is 6.59. The molecule has 1 rings (SSSR count). The number of rotatable bonds is 5. The van der Waals surface area contributed by atoms with Crippen molar-refractivity contribution in [1.82, 2.24) is 5.32 Å². The zero-order valence-electron chi connectivity index (χ0n) is 8.76. The summed E-state index contributed by atoms with van der Waals surface area (Å²) in [6, 6.07) is 5.75. The van der Waals surface area contributed by atoms with Crippen LogP contribution in [0.1, 0.15) is 18.4 Å². The lowest BCUT2D eigenvalue weighted by atomic mass is 10.0. The second kappa shape index (κ2) is 6.33. The van der Waals surface area contributed by atoms with Gasteiger partial charge in [-0.15, -0.1) is 0 Å². The molecular formula is C11H16Cl2N2. The van der Waals surface area contributed by atoms with Gasteiger partial charge in [0, 0.05) is 19.6 Å². The van der Waals surface area contributed by atoms with Crippen molar-refractivity contribution in [3.63, 3.8) is 0 Å². The standard InChI is InChI=1S/C11H16Cl2N2/c1-8(7-15-5-4-14)9-2-3-10(12)11(13)6-9/h2-3,6,8,15H,4-5,7,14H2,1H3. The predicted octanol–water partition coefficient (Wildman–Crippen LogP) is 2.65. The number of nitrogens with one attached hydrogen (secondary N) is 1. The van der Waals surface area contributed by atoms with E-state index in [0.29, 0.717) is 22.5 Å². The molecule has 0 radical (unpaired) electrons. The van der Waals surface area contributed by atoms with Gasteiger partial charge in [-0.25, -0.2) is 0 Å². The predicted molar refractivity (Wildman–Crippen MR) is 66.8 cm³/mol. The van der Waals surface area contributed by atoms with E-state index in [0.717, 1.165) is 13.1 Å². The number of halogens is 2. The summed E-state index contributed by atoms with van der Waals surface area (Å²) in [7, 11) is 0. The van der Waals surface area contributed by atoms with E-state index in [9.17, 15) is 0 Å². The quantitative estimate of drug-likeness (QED) is 0.785. The second-order valence-electron chi connectivity index (χ2n) is 3.57. The Morgan fingerprint density at radius 2 is 2.07 bits per heavy atom. The third-order valence-corrected chi connectivity index (χ3v) is 3.02. The van der Waals surface area contributed by atoms with Crippen LogP contribution >= 0.6 is 23.2 Å². The van der Waals surface area contributed by atoms with E-state index in [1.165, 1.54) is 5.56 Å². The Morgan fingerprint density at radius 3 is 2.67 bits per heavy atom. The Labute approximate surface area is 101 Å². The molecule has 2 nitrogen and oxygen atoms in total. The van der Waals surface area contributed by atoms with Crippen LogP contribution < -0.4 is 11.1 Å². The summed E-state index contributed by atoms with van der Waals surface area (Å²) >= 11 is 11.8. The van der Waals surface area contributed by atoms with Crippen molar-refractivity contribution in [2.24, 2.45) is 5.73 Å². The summed E-state index contributed by atoms with van der Waals surface area (Å²) in [4.78, 5) is 0. The van der Waals surface area contributed by atoms with Gasteiger partial charge < -0.3 is 11.1 Å². The van der Waals surface area contributed by atoms with Gasteiger partial charge in [0.05, 0.1) is 10.0 Å². The highest BCUT2D eigenvalue weighted by Crippen LogP contribution is 2.26. The first-order valence-electron chi connectivity index (χ1n) is 5.01. The van der Waals surface area contributed by atoms with Gasteiger partial charge in [-0.1, -0.05) is 36.2 Å². The SMILES string of the molecule is CC(CNCCN)c1ccc(Cl)c(Cl)c1. The van der Waals surface area contributed by atoms with Gasteiger partial charge in [-0.3, -0.25) is 0 Å². The first-order valence-corrected chi connectivity index (χ1v) is 5.76. The number of hydrogen-bond acceptors (Lipinski definition) is 2. The summed E-state index contributed by atoms with van der Waals surface area (Å²) < 4.78 is 0. The molecular weight excluding hydrogens is 231 g/mol. The minimum absolute atomic E-state index is 0.409. The fourth-order valence-corrected chi connectivity index (χ4v) is 1.66.